The first kappa shape index (κ1) is 32.4. The van der Waals surface area contributed by atoms with Gasteiger partial charge in [0, 0.05) is 15.9 Å². The van der Waals surface area contributed by atoms with Gasteiger partial charge in [-0.05, 0) is 36.4 Å². The van der Waals surface area contributed by atoms with Crippen LogP contribution in [-0.2, 0) is 0 Å². The van der Waals surface area contributed by atoms with Crippen LogP contribution in [0.1, 0.15) is 0 Å². The van der Waals surface area contributed by atoms with Crippen LogP contribution in [0.15, 0.2) is 187 Å². The molecule has 0 bridgehead atoms. The van der Waals surface area contributed by atoms with Crippen molar-refractivity contribution in [2.75, 3.05) is 0 Å². The first-order chi connectivity index (χ1) is 21.6. The molecule has 6 rings (SSSR count). The molecule has 0 atom stereocenters. The summed E-state index contributed by atoms with van der Waals surface area (Å²) < 4.78 is 40.0. The first-order valence-corrected chi connectivity index (χ1v) is 21.4. The average Bonchev–Trinajstić information content (AvgIpc) is 3.07. The van der Waals surface area contributed by atoms with E-state index in [4.69, 9.17) is 4.52 Å². The summed E-state index contributed by atoms with van der Waals surface area (Å²) in [5, 5.41) is 7.55. The van der Waals surface area contributed by atoms with Crippen LogP contribution in [-0.4, -0.2) is 8.35 Å². The number of nitrogens with zero attached hydrogens (tertiary/aromatic N) is 1. The molecule has 0 fully saturated rings. The molecule has 0 aliphatic rings. The number of halogens is 3. The van der Waals surface area contributed by atoms with Crippen LogP contribution in [0.25, 0.3) is 0 Å². The molecule has 228 valence electrons. The third kappa shape index (κ3) is 7.80. The van der Waals surface area contributed by atoms with Crippen LogP contribution < -0.4 is 31.8 Å². The van der Waals surface area contributed by atoms with E-state index in [9.17, 15) is 12.3 Å². The Balaban J connectivity index is 0.000000609. The van der Waals surface area contributed by atoms with Crippen molar-refractivity contribution in [1.29, 1.82) is 0 Å². The minimum absolute atomic E-state index is 0.361. The molecule has 0 unspecified atom stereocenters. The second-order valence-electron chi connectivity index (χ2n) is 11.2. The molecule has 0 aromatic heterocycles. The summed E-state index contributed by atoms with van der Waals surface area (Å²) in [5.41, 5.74) is 0. The molecule has 7 heteroatoms. The Labute approximate surface area is 265 Å². The van der Waals surface area contributed by atoms with Gasteiger partial charge in [-0.3, -0.25) is 0 Å². The Hall–Kier alpha value is -4.01. The molecular weight excluding hydrogens is 617 g/mol. The van der Waals surface area contributed by atoms with Crippen LogP contribution >= 0.6 is 14.5 Å². The van der Waals surface area contributed by atoms with E-state index in [1.165, 1.54) is 31.8 Å². The maximum absolute atomic E-state index is 11.2. The van der Waals surface area contributed by atoms with Gasteiger partial charge in [0.15, 0.2) is 0 Å². The van der Waals surface area contributed by atoms with E-state index in [0.29, 0.717) is 13.1 Å². The van der Waals surface area contributed by atoms with Crippen LogP contribution in [0.2, 0.25) is 13.1 Å². The van der Waals surface area contributed by atoms with E-state index in [2.05, 4.69) is 182 Å². The Kier molecular flexibility index (Phi) is 9.75. The van der Waals surface area contributed by atoms with Crippen LogP contribution in [0.3, 0.4) is 0 Å². The second-order valence-corrected chi connectivity index (χ2v) is 21.3. The van der Waals surface area contributed by atoms with Crippen molar-refractivity contribution < 1.29 is 12.3 Å². The smallest absolute Gasteiger partial charge is 0.121 e. The molecule has 1 nitrogen and oxygen atoms in total. The quantitative estimate of drug-likeness (QED) is 0.0926. The number of benzene rings is 6. The zero-order valence-corrected chi connectivity index (χ0v) is 28.1. The van der Waals surface area contributed by atoms with E-state index in [1.807, 2.05) is 0 Å². The molecule has 6 aromatic rings. The first-order valence-electron chi connectivity index (χ1n) is 14.8. The van der Waals surface area contributed by atoms with E-state index >= 15 is 0 Å². The van der Waals surface area contributed by atoms with Gasteiger partial charge in [-0.2, -0.15) is 0 Å². The molecule has 0 radical (unpaired) electrons. The summed E-state index contributed by atoms with van der Waals surface area (Å²) in [6, 6.07) is 65.7. The van der Waals surface area contributed by atoms with Crippen molar-refractivity contribution in [3.8, 4) is 0 Å². The fourth-order valence-corrected chi connectivity index (χ4v) is 14.8. The maximum atomic E-state index is 11.2. The summed E-state index contributed by atoms with van der Waals surface area (Å²) in [7, 11) is -10.7. The zero-order valence-electron chi connectivity index (χ0n) is 25.3. The minimum Gasteiger partial charge on any atom is -0.121 e. The summed E-state index contributed by atoms with van der Waals surface area (Å²) in [6.07, 6.45) is 0. The van der Waals surface area contributed by atoms with Gasteiger partial charge in [-0.15, -0.1) is 4.52 Å². The van der Waals surface area contributed by atoms with E-state index < -0.39 is 22.8 Å². The molecule has 0 aliphatic heterocycles. The molecule has 0 saturated heterocycles. The van der Waals surface area contributed by atoms with Crippen molar-refractivity contribution in [2.45, 2.75) is 13.1 Å². The van der Waals surface area contributed by atoms with E-state index in [-0.39, 0.29) is 0 Å². The molecule has 6 aromatic carbocycles. The third-order valence-corrected chi connectivity index (χ3v) is 15.5. The molecular formula is C38H36F3NP2Si. The number of hydrogen-bond donors (Lipinski definition) is 0. The van der Waals surface area contributed by atoms with Gasteiger partial charge in [-0.25, -0.2) is 0 Å². The molecule has 0 amide bonds. The van der Waals surface area contributed by atoms with Crippen LogP contribution in [0, 0.1) is 0 Å². The van der Waals surface area contributed by atoms with Gasteiger partial charge in [0.05, 0.1) is 0 Å². The second kappa shape index (κ2) is 13.5. The summed E-state index contributed by atoms with van der Waals surface area (Å²) in [5.74, 6) is 0. The van der Waals surface area contributed by atoms with Crippen LogP contribution in [0.5, 0.6) is 0 Å². The molecule has 0 spiro atoms. The van der Waals surface area contributed by atoms with Crippen LogP contribution in [0.4, 0.5) is 12.3 Å². The zero-order chi connectivity index (χ0) is 31.8. The van der Waals surface area contributed by atoms with Gasteiger partial charge in [0.2, 0.25) is 7.41 Å². The summed E-state index contributed by atoms with van der Waals surface area (Å²) >= 11 is 0. The molecule has 0 saturated carbocycles. The van der Waals surface area contributed by atoms with Gasteiger partial charge in [-0.1, -0.05) is 146 Å². The average molecular weight is 654 g/mol. The van der Waals surface area contributed by atoms with Crippen molar-refractivity contribution in [3.05, 3.63) is 182 Å². The predicted octanol–water partition coefficient (Wildman–Crippen LogP) is 9.12. The molecule has 45 heavy (non-hydrogen) atoms. The van der Waals surface area contributed by atoms with Gasteiger partial charge < -0.3 is 0 Å². The fourth-order valence-electron chi connectivity index (χ4n) is 5.27. The van der Waals surface area contributed by atoms with Crippen molar-refractivity contribution in [2.24, 2.45) is 4.52 Å². The fraction of sp³-hybridized carbons (Fsp3) is 0.0526. The standard InChI is InChI=1S/C36H30NP2.C2H6F3Si/c1-7-19-31(20-8-1)38(32-21-9-2-10-22-32,33-23-11-3-12-24-33)37-39(34-25-13-4-14-26-34,35-27-15-5-16-28-35)36-29-17-6-18-30-36;1-6(2,3,4)5/h1-30H;1-2H3/q+1;-1. The Morgan fingerprint density at radius 2 is 0.600 bits per heavy atom. The van der Waals surface area contributed by atoms with Gasteiger partial charge >= 0.3 is 33.8 Å². The Bertz CT molecular complexity index is 1630. The van der Waals surface area contributed by atoms with E-state index in [0.717, 1.165) is 0 Å². The number of rotatable bonds is 7. The molecule has 0 N–H and O–H groups in total. The topological polar surface area (TPSA) is 12.4 Å². The predicted molar refractivity (Wildman–Crippen MR) is 194 cm³/mol. The third-order valence-electron chi connectivity index (χ3n) is 7.05. The SMILES string of the molecule is C[Si-](C)(F)(F)F.c1ccc(P(=N[P+](c2ccccc2)(c2ccccc2)c2ccccc2)(c2ccccc2)c2ccccc2)cc1. The van der Waals surface area contributed by atoms with Crippen molar-refractivity contribution >= 4 is 54.6 Å². The summed E-state index contributed by atoms with van der Waals surface area (Å²) in [4.78, 5) is 0. The normalized spacial score (nSPS) is 12.6. The van der Waals surface area contributed by atoms with Gasteiger partial charge in [0.1, 0.15) is 23.0 Å². The van der Waals surface area contributed by atoms with Gasteiger partial charge in [0.25, 0.3) is 0 Å². The maximum Gasteiger partial charge on any atom is 0.228 e. The molecule has 0 aliphatic carbocycles. The largest absolute Gasteiger partial charge is 0.228 e. The van der Waals surface area contributed by atoms with Crippen molar-refractivity contribution in [3.63, 3.8) is 0 Å². The molecule has 0 heterocycles. The Morgan fingerprint density at radius 1 is 0.400 bits per heavy atom. The van der Waals surface area contributed by atoms with Crippen molar-refractivity contribution in [1.82, 2.24) is 0 Å². The Morgan fingerprint density at radius 3 is 0.822 bits per heavy atom. The minimum atomic E-state index is -5.75. The number of hydrogen-bond acceptors (Lipinski definition) is 1. The monoisotopic (exact) mass is 653 g/mol. The van der Waals surface area contributed by atoms with E-state index in [1.54, 1.807) is 0 Å². The summed E-state index contributed by atoms with van der Waals surface area (Å²) in [6.45, 7) is 0.722.